The zero-order chi connectivity index (χ0) is 14.1. The molecule has 2 aromatic rings. The smallest absolute Gasteiger partial charge is 0.253 e. The maximum absolute atomic E-state index is 12.4. The van der Waals surface area contributed by atoms with Gasteiger partial charge in [-0.05, 0) is 37.1 Å². The van der Waals surface area contributed by atoms with E-state index in [0.29, 0.717) is 12.1 Å². The fourth-order valence-electron chi connectivity index (χ4n) is 3.07. The van der Waals surface area contributed by atoms with Gasteiger partial charge >= 0.3 is 0 Å². The van der Waals surface area contributed by atoms with Crippen LogP contribution in [0.1, 0.15) is 29.6 Å². The monoisotopic (exact) mass is 272 g/mol. The first-order valence-corrected chi connectivity index (χ1v) is 7.16. The second-order valence-electron chi connectivity index (χ2n) is 5.72. The van der Waals surface area contributed by atoms with Crippen molar-refractivity contribution in [1.82, 2.24) is 9.88 Å². The van der Waals surface area contributed by atoms with E-state index in [9.17, 15) is 9.90 Å². The van der Waals surface area contributed by atoms with E-state index in [0.717, 1.165) is 30.2 Å². The third kappa shape index (κ3) is 2.43. The lowest BCUT2D eigenvalue weighted by Crippen LogP contribution is -2.34. The van der Waals surface area contributed by atoms with Gasteiger partial charge in [-0.15, -0.1) is 0 Å². The van der Waals surface area contributed by atoms with Gasteiger partial charge in [-0.1, -0.05) is 6.42 Å². The van der Waals surface area contributed by atoms with Gasteiger partial charge < -0.3 is 15.0 Å². The second kappa shape index (κ2) is 5.29. The highest BCUT2D eigenvalue weighted by Gasteiger charge is 2.27. The first-order valence-electron chi connectivity index (χ1n) is 7.16. The number of nitrogens with zero attached hydrogens (tertiary/aromatic N) is 1. The predicted molar refractivity (Wildman–Crippen MR) is 78.6 cm³/mol. The molecular formula is C16H20N2O2. The number of aliphatic hydroxyl groups is 1. The number of hydrogen-bond donors (Lipinski definition) is 2. The summed E-state index contributed by atoms with van der Waals surface area (Å²) < 4.78 is 0. The summed E-state index contributed by atoms with van der Waals surface area (Å²) in [5.41, 5.74) is 1.74. The Labute approximate surface area is 118 Å². The Morgan fingerprint density at radius 2 is 2.25 bits per heavy atom. The lowest BCUT2D eigenvalue weighted by molar-refractivity contribution is 0.0693. The second-order valence-corrected chi connectivity index (χ2v) is 5.72. The largest absolute Gasteiger partial charge is 0.393 e. The van der Waals surface area contributed by atoms with Crippen LogP contribution in [0.5, 0.6) is 0 Å². The van der Waals surface area contributed by atoms with Gasteiger partial charge in [-0.25, -0.2) is 0 Å². The summed E-state index contributed by atoms with van der Waals surface area (Å²) in [5, 5.41) is 10.9. The molecule has 2 unspecified atom stereocenters. The first kappa shape index (κ1) is 13.2. The van der Waals surface area contributed by atoms with Crippen LogP contribution in [0.15, 0.2) is 30.5 Å². The van der Waals surface area contributed by atoms with Crippen molar-refractivity contribution in [2.75, 3.05) is 13.6 Å². The molecule has 0 aliphatic heterocycles. The Morgan fingerprint density at radius 3 is 3.00 bits per heavy atom. The fraction of sp³-hybridized carbons (Fsp3) is 0.438. The molecule has 1 aromatic heterocycles. The van der Waals surface area contributed by atoms with E-state index in [-0.39, 0.29) is 17.9 Å². The van der Waals surface area contributed by atoms with E-state index < -0.39 is 0 Å². The molecule has 1 aliphatic carbocycles. The van der Waals surface area contributed by atoms with Gasteiger partial charge in [-0.2, -0.15) is 0 Å². The van der Waals surface area contributed by atoms with Crippen LogP contribution in [0.3, 0.4) is 0 Å². The number of aliphatic hydroxyl groups excluding tert-OH is 1. The number of carbonyl (C=O) groups excluding carboxylic acids is 1. The predicted octanol–water partition coefficient (Wildman–Crippen LogP) is 2.40. The number of nitrogens with one attached hydrogen (secondary N) is 1. The minimum absolute atomic E-state index is 0.0206. The minimum Gasteiger partial charge on any atom is -0.393 e. The number of carbonyl (C=O) groups is 1. The topological polar surface area (TPSA) is 56.3 Å². The van der Waals surface area contributed by atoms with E-state index in [2.05, 4.69) is 4.98 Å². The molecule has 0 bridgehead atoms. The van der Waals surface area contributed by atoms with Gasteiger partial charge in [0.15, 0.2) is 0 Å². The van der Waals surface area contributed by atoms with E-state index in [1.54, 1.807) is 4.90 Å². The average Bonchev–Trinajstić information content (AvgIpc) is 3.06. The number of aromatic nitrogens is 1. The van der Waals surface area contributed by atoms with Crippen LogP contribution in [0.2, 0.25) is 0 Å². The Hall–Kier alpha value is -1.81. The van der Waals surface area contributed by atoms with Crippen LogP contribution in [0.25, 0.3) is 10.9 Å². The Morgan fingerprint density at radius 1 is 1.40 bits per heavy atom. The third-order valence-corrected chi connectivity index (χ3v) is 4.27. The zero-order valence-electron chi connectivity index (χ0n) is 11.7. The molecule has 1 fully saturated rings. The Balaban J connectivity index is 1.73. The van der Waals surface area contributed by atoms with Gasteiger partial charge in [-0.3, -0.25) is 4.79 Å². The lowest BCUT2D eigenvalue weighted by atomic mass is 10.0. The summed E-state index contributed by atoms with van der Waals surface area (Å²) in [4.78, 5) is 17.3. The molecule has 4 heteroatoms. The van der Waals surface area contributed by atoms with Gasteiger partial charge in [0.25, 0.3) is 5.91 Å². The molecule has 0 spiro atoms. The normalized spacial score (nSPS) is 22.3. The van der Waals surface area contributed by atoms with Crippen LogP contribution in [-0.4, -0.2) is 40.6 Å². The molecule has 0 saturated heterocycles. The number of fused-ring (bicyclic) bond motifs is 1. The number of benzene rings is 1. The van der Waals surface area contributed by atoms with Gasteiger partial charge in [0.1, 0.15) is 0 Å². The molecule has 1 aliphatic rings. The molecule has 2 atom stereocenters. The molecule has 0 radical (unpaired) electrons. The summed E-state index contributed by atoms with van der Waals surface area (Å²) in [5.74, 6) is 0.243. The summed E-state index contributed by atoms with van der Waals surface area (Å²) in [6.07, 6.45) is 4.55. The fourth-order valence-corrected chi connectivity index (χ4v) is 3.07. The molecular weight excluding hydrogens is 252 g/mol. The van der Waals surface area contributed by atoms with E-state index in [1.165, 1.54) is 0 Å². The highest BCUT2D eigenvalue weighted by molar-refractivity contribution is 5.97. The number of hydrogen-bond acceptors (Lipinski definition) is 2. The molecule has 1 saturated carbocycles. The average molecular weight is 272 g/mol. The summed E-state index contributed by atoms with van der Waals surface area (Å²) in [6.45, 7) is 0.630. The first-order chi connectivity index (χ1) is 9.65. The highest BCUT2D eigenvalue weighted by Crippen LogP contribution is 2.26. The van der Waals surface area contributed by atoms with Crippen molar-refractivity contribution in [2.45, 2.75) is 25.4 Å². The molecule has 2 N–H and O–H groups in total. The van der Waals surface area contributed by atoms with Crippen molar-refractivity contribution < 1.29 is 9.90 Å². The van der Waals surface area contributed by atoms with Crippen molar-refractivity contribution in [3.05, 3.63) is 36.0 Å². The van der Waals surface area contributed by atoms with Crippen LogP contribution in [0, 0.1) is 5.92 Å². The standard InChI is InChI=1S/C16H20N2O2/c1-18(10-13-3-2-4-15(13)19)16(20)12-5-6-14-11(9-12)7-8-17-14/h5-9,13,15,17,19H,2-4,10H2,1H3. The number of aromatic amines is 1. The zero-order valence-corrected chi connectivity index (χ0v) is 11.7. The SMILES string of the molecule is CN(CC1CCCC1O)C(=O)c1ccc2[nH]ccc2c1. The van der Waals surface area contributed by atoms with Crippen LogP contribution in [0.4, 0.5) is 0 Å². The molecule has 3 rings (SSSR count). The molecule has 1 heterocycles. The minimum atomic E-state index is -0.252. The Bertz CT molecular complexity index is 620. The van der Waals surface area contributed by atoms with E-state index >= 15 is 0 Å². The van der Waals surface area contributed by atoms with Crippen molar-refractivity contribution in [2.24, 2.45) is 5.92 Å². The summed E-state index contributed by atoms with van der Waals surface area (Å²) in [6, 6.07) is 7.66. The van der Waals surface area contributed by atoms with E-state index in [1.807, 2.05) is 37.5 Å². The van der Waals surface area contributed by atoms with Crippen LogP contribution < -0.4 is 0 Å². The van der Waals surface area contributed by atoms with Crippen molar-refractivity contribution >= 4 is 16.8 Å². The van der Waals surface area contributed by atoms with Crippen molar-refractivity contribution in [3.63, 3.8) is 0 Å². The van der Waals surface area contributed by atoms with Crippen molar-refractivity contribution in [3.8, 4) is 0 Å². The summed E-state index contributed by atoms with van der Waals surface area (Å²) in [7, 11) is 1.81. The van der Waals surface area contributed by atoms with Gasteiger partial charge in [0.05, 0.1) is 6.10 Å². The molecule has 4 nitrogen and oxygen atoms in total. The van der Waals surface area contributed by atoms with Gasteiger partial charge in [0.2, 0.25) is 0 Å². The van der Waals surface area contributed by atoms with Crippen LogP contribution >= 0.6 is 0 Å². The molecule has 1 amide bonds. The van der Waals surface area contributed by atoms with Gasteiger partial charge in [0, 0.05) is 42.2 Å². The summed E-state index contributed by atoms with van der Waals surface area (Å²) >= 11 is 0. The maximum atomic E-state index is 12.4. The molecule has 106 valence electrons. The number of amides is 1. The lowest BCUT2D eigenvalue weighted by Gasteiger charge is -2.23. The quantitative estimate of drug-likeness (QED) is 0.901. The van der Waals surface area contributed by atoms with Crippen LogP contribution in [-0.2, 0) is 0 Å². The maximum Gasteiger partial charge on any atom is 0.253 e. The number of rotatable bonds is 3. The molecule has 20 heavy (non-hydrogen) atoms. The molecule has 1 aromatic carbocycles. The van der Waals surface area contributed by atoms with Crippen molar-refractivity contribution in [1.29, 1.82) is 0 Å². The third-order valence-electron chi connectivity index (χ3n) is 4.27. The Kier molecular flexibility index (Phi) is 3.49. The highest BCUT2D eigenvalue weighted by atomic mass is 16.3. The number of H-pyrrole nitrogens is 1. The van der Waals surface area contributed by atoms with E-state index in [4.69, 9.17) is 0 Å².